The Kier molecular flexibility index (Phi) is 6.52. The van der Waals surface area contributed by atoms with Crippen LogP contribution in [0.4, 0.5) is 9.59 Å². The molecule has 9 nitrogen and oxygen atoms in total. The summed E-state index contributed by atoms with van der Waals surface area (Å²) >= 11 is 0. The van der Waals surface area contributed by atoms with Gasteiger partial charge in [-0.1, -0.05) is 30.3 Å². The van der Waals surface area contributed by atoms with E-state index in [1.807, 2.05) is 18.2 Å². The summed E-state index contributed by atoms with van der Waals surface area (Å²) in [5, 5.41) is 0. The van der Waals surface area contributed by atoms with Gasteiger partial charge in [0.2, 0.25) is 5.91 Å². The fourth-order valence-electron chi connectivity index (χ4n) is 3.52. The molecule has 3 amide bonds. The predicted octanol–water partition coefficient (Wildman–Crippen LogP) is 2.87. The van der Waals surface area contributed by atoms with E-state index in [1.165, 1.54) is 0 Å². The highest BCUT2D eigenvalue weighted by Gasteiger charge is 2.48. The van der Waals surface area contributed by atoms with Gasteiger partial charge in [-0.2, -0.15) is 0 Å². The van der Waals surface area contributed by atoms with E-state index in [4.69, 9.17) is 14.2 Å². The van der Waals surface area contributed by atoms with Crippen LogP contribution in [0.2, 0.25) is 0 Å². The first-order valence-corrected chi connectivity index (χ1v) is 10.3. The number of benzene rings is 1. The lowest BCUT2D eigenvalue weighted by atomic mass is 9.86. The van der Waals surface area contributed by atoms with E-state index in [-0.39, 0.29) is 13.0 Å². The van der Waals surface area contributed by atoms with E-state index in [0.29, 0.717) is 25.9 Å². The van der Waals surface area contributed by atoms with Crippen LogP contribution in [0.1, 0.15) is 45.6 Å². The fourth-order valence-corrected chi connectivity index (χ4v) is 3.52. The average Bonchev–Trinajstić information content (AvgIpc) is 2.69. The van der Waals surface area contributed by atoms with E-state index in [9.17, 15) is 19.2 Å². The van der Waals surface area contributed by atoms with Gasteiger partial charge in [0, 0.05) is 25.9 Å². The quantitative estimate of drug-likeness (QED) is 0.532. The molecule has 2 fully saturated rings. The summed E-state index contributed by atoms with van der Waals surface area (Å²) in [5.41, 5.74) is -0.759. The van der Waals surface area contributed by atoms with Crippen molar-refractivity contribution in [3.63, 3.8) is 0 Å². The fraction of sp³-hybridized carbons (Fsp3) is 0.545. The van der Waals surface area contributed by atoms with Crippen molar-refractivity contribution < 1.29 is 33.4 Å². The van der Waals surface area contributed by atoms with Crippen molar-refractivity contribution in [2.24, 2.45) is 0 Å². The topological polar surface area (TPSA) is 102 Å². The minimum atomic E-state index is -0.961. The standard InChI is InChI=1S/C22H28N2O7/c1-21(2,3)30-19(27)23-11-9-22(10-12-23)13-17(25)24(20(28)31-22)14-18(26)29-15-16-7-5-4-6-8-16/h4-8H,9-15H2,1-3H3. The molecule has 31 heavy (non-hydrogen) atoms. The molecule has 2 saturated heterocycles. The third-order valence-corrected chi connectivity index (χ3v) is 5.15. The number of nitrogens with zero attached hydrogens (tertiary/aromatic N) is 2. The molecule has 0 bridgehead atoms. The van der Waals surface area contributed by atoms with E-state index in [1.54, 1.807) is 37.8 Å². The summed E-state index contributed by atoms with van der Waals surface area (Å²) in [6.45, 7) is 5.56. The zero-order valence-corrected chi connectivity index (χ0v) is 18.1. The Bertz CT molecular complexity index is 819. The number of amides is 3. The molecule has 0 atom stereocenters. The third-order valence-electron chi connectivity index (χ3n) is 5.15. The molecule has 1 aromatic rings. The molecule has 2 aliphatic heterocycles. The van der Waals surface area contributed by atoms with Crippen molar-refractivity contribution in [3.05, 3.63) is 35.9 Å². The molecule has 0 aromatic heterocycles. The molecule has 2 heterocycles. The van der Waals surface area contributed by atoms with Gasteiger partial charge in [0.05, 0.1) is 6.42 Å². The zero-order chi connectivity index (χ0) is 22.6. The number of ether oxygens (including phenoxy) is 3. The Morgan fingerprint density at radius 1 is 1.10 bits per heavy atom. The number of carbonyl (C=O) groups excluding carboxylic acids is 4. The number of carbonyl (C=O) groups is 4. The number of esters is 1. The maximum atomic E-state index is 12.6. The Labute approximate surface area is 181 Å². The van der Waals surface area contributed by atoms with Gasteiger partial charge in [0.1, 0.15) is 24.4 Å². The summed E-state index contributed by atoms with van der Waals surface area (Å²) in [7, 11) is 0. The van der Waals surface area contributed by atoms with Gasteiger partial charge in [-0.25, -0.2) is 14.5 Å². The van der Waals surface area contributed by atoms with E-state index < -0.39 is 41.8 Å². The second-order valence-electron chi connectivity index (χ2n) is 8.82. The van der Waals surface area contributed by atoms with Crippen LogP contribution < -0.4 is 0 Å². The van der Waals surface area contributed by atoms with Crippen molar-refractivity contribution in [3.8, 4) is 0 Å². The lowest BCUT2D eigenvalue weighted by Gasteiger charge is -2.44. The highest BCUT2D eigenvalue weighted by atomic mass is 16.6. The molecular weight excluding hydrogens is 404 g/mol. The van der Waals surface area contributed by atoms with Crippen LogP contribution in [0, 0.1) is 0 Å². The summed E-state index contributed by atoms with van der Waals surface area (Å²) < 4.78 is 16.1. The first-order valence-electron chi connectivity index (χ1n) is 10.3. The van der Waals surface area contributed by atoms with Crippen LogP contribution in [-0.2, 0) is 30.4 Å². The smallest absolute Gasteiger partial charge is 0.417 e. The first kappa shape index (κ1) is 22.6. The molecule has 0 radical (unpaired) electrons. The molecule has 1 aromatic carbocycles. The van der Waals surface area contributed by atoms with E-state index >= 15 is 0 Å². The number of hydrogen-bond acceptors (Lipinski definition) is 7. The average molecular weight is 432 g/mol. The molecule has 1 spiro atoms. The van der Waals surface area contributed by atoms with Crippen LogP contribution in [0.3, 0.4) is 0 Å². The van der Waals surface area contributed by atoms with Gasteiger partial charge in [-0.05, 0) is 26.3 Å². The van der Waals surface area contributed by atoms with Crippen LogP contribution in [-0.4, -0.2) is 64.7 Å². The van der Waals surface area contributed by atoms with Crippen molar-refractivity contribution in [1.82, 2.24) is 9.80 Å². The molecule has 0 aliphatic carbocycles. The van der Waals surface area contributed by atoms with Crippen LogP contribution in [0.25, 0.3) is 0 Å². The normalized spacial score (nSPS) is 18.5. The highest BCUT2D eigenvalue weighted by Crippen LogP contribution is 2.35. The largest absolute Gasteiger partial charge is 0.459 e. The van der Waals surface area contributed by atoms with Crippen LogP contribution in [0.5, 0.6) is 0 Å². The Hall–Kier alpha value is -3.10. The lowest BCUT2D eigenvalue weighted by Crippen LogP contribution is -2.58. The van der Waals surface area contributed by atoms with E-state index in [2.05, 4.69) is 0 Å². The van der Waals surface area contributed by atoms with Gasteiger partial charge in [0.15, 0.2) is 0 Å². The minimum absolute atomic E-state index is 0.0349. The first-order chi connectivity index (χ1) is 14.6. The molecule has 168 valence electrons. The Morgan fingerprint density at radius 2 is 1.74 bits per heavy atom. The zero-order valence-electron chi connectivity index (χ0n) is 18.1. The van der Waals surface area contributed by atoms with Gasteiger partial charge in [-0.3, -0.25) is 9.59 Å². The molecule has 2 aliphatic rings. The number of hydrogen-bond donors (Lipinski definition) is 0. The number of rotatable bonds is 4. The maximum Gasteiger partial charge on any atom is 0.417 e. The van der Waals surface area contributed by atoms with Crippen molar-refractivity contribution in [2.45, 2.75) is 57.8 Å². The molecule has 3 rings (SSSR count). The maximum absolute atomic E-state index is 12.6. The molecule has 0 unspecified atom stereocenters. The number of piperidine rings is 1. The summed E-state index contributed by atoms with van der Waals surface area (Å²) in [6, 6.07) is 9.11. The van der Waals surface area contributed by atoms with E-state index in [0.717, 1.165) is 10.5 Å². The molecular formula is C22H28N2O7. The van der Waals surface area contributed by atoms with Crippen molar-refractivity contribution >= 4 is 24.1 Å². The van der Waals surface area contributed by atoms with Crippen molar-refractivity contribution in [1.29, 1.82) is 0 Å². The Morgan fingerprint density at radius 3 is 2.32 bits per heavy atom. The number of imide groups is 1. The van der Waals surface area contributed by atoms with Gasteiger partial charge < -0.3 is 19.1 Å². The SMILES string of the molecule is CC(C)(C)OC(=O)N1CCC2(CC1)CC(=O)N(CC(=O)OCc1ccccc1)C(=O)O2. The van der Waals surface area contributed by atoms with Gasteiger partial charge >= 0.3 is 18.2 Å². The van der Waals surface area contributed by atoms with Crippen molar-refractivity contribution in [2.75, 3.05) is 19.6 Å². The molecule has 0 saturated carbocycles. The minimum Gasteiger partial charge on any atom is -0.459 e. The van der Waals surface area contributed by atoms with Crippen LogP contribution in [0.15, 0.2) is 30.3 Å². The summed E-state index contributed by atoms with van der Waals surface area (Å²) in [6.07, 6.45) is -0.670. The highest BCUT2D eigenvalue weighted by molar-refractivity contribution is 5.97. The van der Waals surface area contributed by atoms with Crippen LogP contribution >= 0.6 is 0 Å². The molecule has 9 heteroatoms. The third kappa shape index (κ3) is 5.96. The Balaban J connectivity index is 1.51. The molecule has 0 N–H and O–H groups in total. The predicted molar refractivity (Wildman–Crippen MR) is 109 cm³/mol. The van der Waals surface area contributed by atoms with Gasteiger partial charge in [-0.15, -0.1) is 0 Å². The van der Waals surface area contributed by atoms with Gasteiger partial charge in [0.25, 0.3) is 0 Å². The second kappa shape index (κ2) is 8.95. The number of likely N-dealkylation sites (tertiary alicyclic amines) is 1. The summed E-state index contributed by atoms with van der Waals surface area (Å²) in [4.78, 5) is 51.7. The lowest BCUT2D eigenvalue weighted by molar-refractivity contribution is -0.158. The monoisotopic (exact) mass is 432 g/mol. The summed E-state index contributed by atoms with van der Waals surface area (Å²) in [5.74, 6) is -1.18. The second-order valence-corrected chi connectivity index (χ2v) is 8.82.